The van der Waals surface area contributed by atoms with Crippen LogP contribution in [-0.4, -0.2) is 26.0 Å². The second kappa shape index (κ2) is 5.34. The molecule has 21 heavy (non-hydrogen) atoms. The maximum Gasteiger partial charge on any atom is 0.339 e. The Kier molecular flexibility index (Phi) is 3.37. The Hall–Kier alpha value is -2.73. The van der Waals surface area contributed by atoms with Crippen molar-refractivity contribution >= 4 is 28.7 Å². The first-order valence-electron chi connectivity index (χ1n) is 5.92. The highest BCUT2D eigenvalue weighted by molar-refractivity contribution is 6.30. The minimum absolute atomic E-state index is 0.000410. The fourth-order valence-corrected chi connectivity index (χ4v) is 1.93. The Morgan fingerprint density at radius 1 is 1.14 bits per heavy atom. The molecule has 0 saturated heterocycles. The average Bonchev–Trinajstić information content (AvgIpc) is 2.47. The number of nitrogens with zero attached hydrogens (tertiary/aromatic N) is 3. The van der Waals surface area contributed by atoms with Crippen molar-refractivity contribution < 1.29 is 14.6 Å². The Bertz CT molecular complexity index is 839. The number of carboxylic acids is 1. The Morgan fingerprint density at radius 2 is 1.95 bits per heavy atom. The molecule has 1 N–H and O–H groups in total. The Labute approximate surface area is 124 Å². The molecule has 0 bridgehead atoms. The molecule has 104 valence electrons. The van der Waals surface area contributed by atoms with E-state index in [-0.39, 0.29) is 17.2 Å². The number of hydrogen-bond acceptors (Lipinski definition) is 5. The van der Waals surface area contributed by atoms with Crippen LogP contribution in [0.25, 0.3) is 11.2 Å². The van der Waals surface area contributed by atoms with Gasteiger partial charge in [-0.2, -0.15) is 4.98 Å². The maximum atomic E-state index is 11.2. The van der Waals surface area contributed by atoms with Crippen LogP contribution >= 0.6 is 11.6 Å². The molecule has 0 unspecified atom stereocenters. The SMILES string of the molecule is O=C(O)c1ccc(Cl)cc1Oc1ccc2nccnc2n1. The van der Waals surface area contributed by atoms with E-state index in [9.17, 15) is 4.79 Å². The summed E-state index contributed by atoms with van der Waals surface area (Å²) in [6.07, 6.45) is 3.07. The van der Waals surface area contributed by atoms with Gasteiger partial charge in [-0.25, -0.2) is 9.78 Å². The van der Waals surface area contributed by atoms with Crippen LogP contribution in [0.1, 0.15) is 10.4 Å². The molecule has 0 radical (unpaired) electrons. The van der Waals surface area contributed by atoms with Crippen LogP contribution in [0.5, 0.6) is 11.6 Å². The summed E-state index contributed by atoms with van der Waals surface area (Å²) in [5, 5.41) is 9.51. The zero-order valence-electron chi connectivity index (χ0n) is 10.5. The highest BCUT2D eigenvalue weighted by Crippen LogP contribution is 2.28. The Morgan fingerprint density at radius 3 is 2.76 bits per heavy atom. The van der Waals surface area contributed by atoms with E-state index in [2.05, 4.69) is 15.0 Å². The first-order valence-corrected chi connectivity index (χ1v) is 6.30. The summed E-state index contributed by atoms with van der Waals surface area (Å²) in [6.45, 7) is 0. The van der Waals surface area contributed by atoms with Crippen molar-refractivity contribution in [2.45, 2.75) is 0 Å². The third-order valence-electron chi connectivity index (χ3n) is 2.69. The molecule has 2 aromatic heterocycles. The number of ether oxygens (including phenoxy) is 1. The zero-order valence-corrected chi connectivity index (χ0v) is 11.3. The number of benzene rings is 1. The number of aromatic carboxylic acids is 1. The summed E-state index contributed by atoms with van der Waals surface area (Å²) >= 11 is 5.87. The van der Waals surface area contributed by atoms with E-state index in [0.717, 1.165) is 0 Å². The van der Waals surface area contributed by atoms with Gasteiger partial charge in [0.25, 0.3) is 0 Å². The van der Waals surface area contributed by atoms with Crippen LogP contribution in [0, 0.1) is 0 Å². The second-order valence-corrected chi connectivity index (χ2v) is 4.53. The van der Waals surface area contributed by atoms with Crippen LogP contribution in [0.15, 0.2) is 42.7 Å². The molecular formula is C14H8ClN3O3. The molecule has 0 aliphatic rings. The summed E-state index contributed by atoms with van der Waals surface area (Å²) in [5.41, 5.74) is 1.03. The largest absolute Gasteiger partial charge is 0.478 e. The highest BCUT2D eigenvalue weighted by atomic mass is 35.5. The van der Waals surface area contributed by atoms with Gasteiger partial charge >= 0.3 is 5.97 Å². The molecule has 1 aromatic carbocycles. The average molecular weight is 302 g/mol. The molecule has 0 spiro atoms. The van der Waals surface area contributed by atoms with Crippen molar-refractivity contribution in [1.29, 1.82) is 0 Å². The summed E-state index contributed by atoms with van der Waals surface area (Å²) in [7, 11) is 0. The molecular weight excluding hydrogens is 294 g/mol. The first kappa shape index (κ1) is 13.3. The fourth-order valence-electron chi connectivity index (χ4n) is 1.76. The van der Waals surface area contributed by atoms with Crippen LogP contribution in [-0.2, 0) is 0 Å². The van der Waals surface area contributed by atoms with Crippen molar-refractivity contribution in [3.05, 3.63) is 53.3 Å². The number of fused-ring (bicyclic) bond motifs is 1. The van der Waals surface area contributed by atoms with Crippen molar-refractivity contribution in [1.82, 2.24) is 15.0 Å². The molecule has 3 rings (SSSR count). The van der Waals surface area contributed by atoms with E-state index in [1.807, 2.05) is 0 Å². The van der Waals surface area contributed by atoms with Gasteiger partial charge in [0, 0.05) is 29.5 Å². The summed E-state index contributed by atoms with van der Waals surface area (Å²) in [6, 6.07) is 7.56. The number of halogens is 1. The van der Waals surface area contributed by atoms with E-state index in [1.165, 1.54) is 24.4 Å². The third kappa shape index (κ3) is 2.75. The lowest BCUT2D eigenvalue weighted by atomic mass is 10.2. The van der Waals surface area contributed by atoms with Gasteiger partial charge in [-0.05, 0) is 18.2 Å². The molecule has 3 aromatic rings. The molecule has 0 aliphatic carbocycles. The van der Waals surface area contributed by atoms with E-state index >= 15 is 0 Å². The van der Waals surface area contributed by atoms with Crippen LogP contribution in [0.3, 0.4) is 0 Å². The quantitative estimate of drug-likeness (QED) is 0.799. The normalized spacial score (nSPS) is 10.5. The number of hydrogen-bond donors (Lipinski definition) is 1. The highest BCUT2D eigenvalue weighted by Gasteiger charge is 2.13. The third-order valence-corrected chi connectivity index (χ3v) is 2.93. The van der Waals surface area contributed by atoms with Gasteiger partial charge in [0.2, 0.25) is 5.88 Å². The minimum Gasteiger partial charge on any atom is -0.478 e. The summed E-state index contributed by atoms with van der Waals surface area (Å²) < 4.78 is 5.52. The van der Waals surface area contributed by atoms with E-state index in [4.69, 9.17) is 21.4 Å². The van der Waals surface area contributed by atoms with Crippen molar-refractivity contribution in [3.63, 3.8) is 0 Å². The summed E-state index contributed by atoms with van der Waals surface area (Å²) in [5.74, 6) is -0.777. The van der Waals surface area contributed by atoms with Gasteiger partial charge in [-0.3, -0.25) is 4.98 Å². The molecule has 0 saturated carbocycles. The number of rotatable bonds is 3. The fraction of sp³-hybridized carbons (Fsp3) is 0. The van der Waals surface area contributed by atoms with E-state index < -0.39 is 5.97 Å². The van der Waals surface area contributed by atoms with Gasteiger partial charge in [0.15, 0.2) is 5.65 Å². The van der Waals surface area contributed by atoms with E-state index in [1.54, 1.807) is 18.3 Å². The molecule has 7 heteroatoms. The lowest BCUT2D eigenvalue weighted by molar-refractivity contribution is 0.0694. The minimum atomic E-state index is -1.11. The number of pyridine rings is 1. The predicted octanol–water partition coefficient (Wildman–Crippen LogP) is 3.17. The van der Waals surface area contributed by atoms with Crippen LogP contribution < -0.4 is 4.74 Å². The van der Waals surface area contributed by atoms with Crippen LogP contribution in [0.2, 0.25) is 5.02 Å². The maximum absolute atomic E-state index is 11.2. The number of aromatic nitrogens is 3. The Balaban J connectivity index is 2.02. The van der Waals surface area contributed by atoms with Gasteiger partial charge in [0.1, 0.15) is 16.8 Å². The zero-order chi connectivity index (χ0) is 14.8. The number of carbonyl (C=O) groups is 1. The predicted molar refractivity (Wildman–Crippen MR) is 75.8 cm³/mol. The smallest absolute Gasteiger partial charge is 0.339 e. The van der Waals surface area contributed by atoms with Crippen molar-refractivity contribution in [2.75, 3.05) is 0 Å². The van der Waals surface area contributed by atoms with Crippen molar-refractivity contribution in [2.24, 2.45) is 0 Å². The second-order valence-electron chi connectivity index (χ2n) is 4.10. The van der Waals surface area contributed by atoms with Gasteiger partial charge in [0.05, 0.1) is 0 Å². The molecule has 6 nitrogen and oxygen atoms in total. The standard InChI is InChI=1S/C14H8ClN3O3/c15-8-1-2-9(14(19)20)11(7-8)21-12-4-3-10-13(18-12)17-6-5-16-10/h1-7H,(H,19,20). The summed E-state index contributed by atoms with van der Waals surface area (Å²) in [4.78, 5) is 23.5. The van der Waals surface area contributed by atoms with Crippen molar-refractivity contribution in [3.8, 4) is 11.6 Å². The lowest BCUT2D eigenvalue weighted by Gasteiger charge is -2.08. The van der Waals surface area contributed by atoms with E-state index in [0.29, 0.717) is 16.2 Å². The van der Waals surface area contributed by atoms with Gasteiger partial charge in [-0.15, -0.1) is 0 Å². The number of carboxylic acid groups (broad SMARTS) is 1. The van der Waals surface area contributed by atoms with Crippen LogP contribution in [0.4, 0.5) is 0 Å². The van der Waals surface area contributed by atoms with Gasteiger partial charge in [-0.1, -0.05) is 11.6 Å². The molecule has 0 aliphatic heterocycles. The topological polar surface area (TPSA) is 85.2 Å². The first-order chi connectivity index (χ1) is 10.1. The molecule has 0 fully saturated rings. The lowest BCUT2D eigenvalue weighted by Crippen LogP contribution is -2.00. The van der Waals surface area contributed by atoms with Gasteiger partial charge < -0.3 is 9.84 Å². The molecule has 0 amide bonds. The molecule has 2 heterocycles. The monoisotopic (exact) mass is 301 g/mol. The molecule has 0 atom stereocenters.